The second-order valence-electron chi connectivity index (χ2n) is 5.97. The van der Waals surface area contributed by atoms with Gasteiger partial charge in [-0.15, -0.1) is 0 Å². The molecule has 12 heteroatoms. The van der Waals surface area contributed by atoms with E-state index in [0.717, 1.165) is 16.8 Å². The van der Waals surface area contributed by atoms with E-state index in [1.807, 2.05) is 0 Å². The van der Waals surface area contributed by atoms with E-state index in [9.17, 15) is 27.2 Å². The van der Waals surface area contributed by atoms with Crippen LogP contribution in [0.4, 0.5) is 22.4 Å². The van der Waals surface area contributed by atoms with Gasteiger partial charge in [0.05, 0.1) is 23.3 Å². The molecule has 1 aromatic heterocycles. The number of carbonyl (C=O) groups excluding carboxylic acids is 2. The van der Waals surface area contributed by atoms with Crippen molar-refractivity contribution in [1.82, 2.24) is 20.4 Å². The zero-order valence-corrected chi connectivity index (χ0v) is 14.9. The number of hydrogen-bond acceptors (Lipinski definition) is 4. The van der Waals surface area contributed by atoms with Crippen LogP contribution < -0.4 is 10.6 Å². The summed E-state index contributed by atoms with van der Waals surface area (Å²) < 4.78 is 58.3. The predicted octanol–water partition coefficient (Wildman–Crippen LogP) is 2.55. The fourth-order valence-electron chi connectivity index (χ4n) is 2.68. The summed E-state index contributed by atoms with van der Waals surface area (Å²) >= 11 is 5.78. The van der Waals surface area contributed by atoms with Crippen LogP contribution in [0.1, 0.15) is 23.0 Å². The van der Waals surface area contributed by atoms with Crippen LogP contribution in [0.3, 0.4) is 0 Å². The second kappa shape index (κ2) is 7.30. The van der Waals surface area contributed by atoms with E-state index in [1.54, 1.807) is 0 Å². The number of amides is 2. The molecule has 150 valence electrons. The average Bonchev–Trinajstić information content (AvgIpc) is 3.21. The van der Waals surface area contributed by atoms with Gasteiger partial charge in [0.2, 0.25) is 0 Å². The monoisotopic (exact) mass is 420 g/mol. The van der Waals surface area contributed by atoms with Gasteiger partial charge in [-0.05, 0) is 23.8 Å². The summed E-state index contributed by atoms with van der Waals surface area (Å²) in [5, 5.41) is 7.94. The first kappa shape index (κ1) is 19.9. The number of nitrogens with zero attached hydrogens (tertiary/aromatic N) is 2. The molecule has 1 aliphatic heterocycles. The van der Waals surface area contributed by atoms with E-state index in [4.69, 9.17) is 16.3 Å². The fraction of sp³-hybridized carbons (Fsp3) is 0.312. The maximum Gasteiger partial charge on any atom is 0.435 e. The molecule has 1 saturated heterocycles. The molecule has 28 heavy (non-hydrogen) atoms. The van der Waals surface area contributed by atoms with Gasteiger partial charge in [-0.1, -0.05) is 17.7 Å². The molecule has 2 amide bonds. The smallest absolute Gasteiger partial charge is 0.434 e. The second-order valence-corrected chi connectivity index (χ2v) is 6.37. The number of ether oxygens (including phenoxy) is 1. The zero-order valence-electron chi connectivity index (χ0n) is 14.2. The van der Waals surface area contributed by atoms with Gasteiger partial charge in [0, 0.05) is 7.05 Å². The van der Waals surface area contributed by atoms with Crippen LogP contribution in [0, 0.1) is 5.82 Å². The number of rotatable bonds is 4. The summed E-state index contributed by atoms with van der Waals surface area (Å²) in [5.41, 5.74) is -0.971. The number of aromatic nitrogens is 2. The third kappa shape index (κ3) is 4.03. The van der Waals surface area contributed by atoms with Gasteiger partial charge in [-0.3, -0.25) is 9.48 Å². The Kier molecular flexibility index (Phi) is 5.20. The van der Waals surface area contributed by atoms with Gasteiger partial charge in [0.1, 0.15) is 5.82 Å². The van der Waals surface area contributed by atoms with E-state index in [2.05, 4.69) is 15.7 Å². The SMILES string of the molecule is Cn1nc(C(F)(F)F)cc1[C@H](NC(=O)C1CNC(=O)O1)c1ccc(F)c(Cl)c1. The highest BCUT2D eigenvalue weighted by Crippen LogP contribution is 2.32. The van der Waals surface area contributed by atoms with Crippen molar-refractivity contribution in [3.05, 3.63) is 52.1 Å². The first-order valence-corrected chi connectivity index (χ1v) is 8.25. The quantitative estimate of drug-likeness (QED) is 0.744. The zero-order chi connectivity index (χ0) is 20.6. The van der Waals surface area contributed by atoms with Gasteiger partial charge in [0.25, 0.3) is 5.91 Å². The minimum Gasteiger partial charge on any atom is -0.434 e. The largest absolute Gasteiger partial charge is 0.435 e. The number of alkyl halides is 3. The first-order valence-electron chi connectivity index (χ1n) is 7.87. The third-order valence-electron chi connectivity index (χ3n) is 4.04. The number of aryl methyl sites for hydroxylation is 1. The molecular weight excluding hydrogens is 408 g/mol. The summed E-state index contributed by atoms with van der Waals surface area (Å²) in [6.07, 6.45) is -6.65. The molecule has 0 bridgehead atoms. The minimum atomic E-state index is -4.70. The standard InChI is InChI=1S/C16H13ClF4N4O3/c1-25-10(5-12(24-25)16(19,20)21)13(7-2-3-9(18)8(17)4-7)23-14(26)11-6-22-15(27)28-11/h2-5,11,13H,6H2,1H3,(H,22,27)(H,23,26)/t11?,13-/m1/s1. The van der Waals surface area contributed by atoms with Crippen molar-refractivity contribution in [1.29, 1.82) is 0 Å². The van der Waals surface area contributed by atoms with E-state index >= 15 is 0 Å². The van der Waals surface area contributed by atoms with Crippen LogP contribution >= 0.6 is 11.6 Å². The number of nitrogens with one attached hydrogen (secondary N) is 2. The lowest BCUT2D eigenvalue weighted by atomic mass is 10.0. The van der Waals surface area contributed by atoms with Crippen molar-refractivity contribution in [2.45, 2.75) is 18.3 Å². The van der Waals surface area contributed by atoms with Crippen LogP contribution in [0.5, 0.6) is 0 Å². The Labute approximate surface area is 160 Å². The summed E-state index contributed by atoms with van der Waals surface area (Å²) in [5.74, 6) is -1.48. The topological polar surface area (TPSA) is 85.3 Å². The Morgan fingerprint density at radius 3 is 2.68 bits per heavy atom. The van der Waals surface area contributed by atoms with Crippen molar-refractivity contribution in [2.24, 2.45) is 7.05 Å². The summed E-state index contributed by atoms with van der Waals surface area (Å²) in [7, 11) is 1.27. The molecule has 2 aromatic rings. The molecule has 0 spiro atoms. The van der Waals surface area contributed by atoms with Gasteiger partial charge in [0.15, 0.2) is 11.8 Å². The lowest BCUT2D eigenvalue weighted by Gasteiger charge is -2.21. The van der Waals surface area contributed by atoms with E-state index in [1.165, 1.54) is 19.2 Å². The van der Waals surface area contributed by atoms with Gasteiger partial charge in [-0.2, -0.15) is 18.3 Å². The molecular formula is C16H13ClF4N4O3. The van der Waals surface area contributed by atoms with Crippen molar-refractivity contribution >= 4 is 23.6 Å². The molecule has 2 atom stereocenters. The number of alkyl carbamates (subject to hydrolysis) is 1. The van der Waals surface area contributed by atoms with E-state index < -0.39 is 41.8 Å². The number of carbonyl (C=O) groups is 2. The average molecular weight is 421 g/mol. The lowest BCUT2D eigenvalue weighted by Crippen LogP contribution is -2.40. The number of cyclic esters (lactones) is 1. The van der Waals surface area contributed by atoms with E-state index in [-0.39, 0.29) is 22.8 Å². The van der Waals surface area contributed by atoms with Crippen molar-refractivity contribution in [3.8, 4) is 0 Å². The van der Waals surface area contributed by atoms with Crippen molar-refractivity contribution < 1.29 is 31.9 Å². The lowest BCUT2D eigenvalue weighted by molar-refractivity contribution is -0.141. The molecule has 0 aliphatic carbocycles. The van der Waals surface area contributed by atoms with Gasteiger partial charge < -0.3 is 15.4 Å². The van der Waals surface area contributed by atoms with E-state index in [0.29, 0.717) is 0 Å². The Bertz CT molecular complexity index is 931. The molecule has 2 heterocycles. The summed E-state index contributed by atoms with van der Waals surface area (Å²) in [6.45, 7) is -0.0965. The number of benzene rings is 1. The molecule has 2 N–H and O–H groups in total. The summed E-state index contributed by atoms with van der Waals surface area (Å²) in [4.78, 5) is 23.5. The van der Waals surface area contributed by atoms with Crippen molar-refractivity contribution in [2.75, 3.05) is 6.54 Å². The highest BCUT2D eigenvalue weighted by molar-refractivity contribution is 6.30. The molecule has 1 aliphatic rings. The Morgan fingerprint density at radius 1 is 1.43 bits per heavy atom. The van der Waals surface area contributed by atoms with Gasteiger partial charge >= 0.3 is 12.3 Å². The van der Waals surface area contributed by atoms with Crippen LogP contribution in [-0.2, 0) is 22.8 Å². The van der Waals surface area contributed by atoms with Crippen molar-refractivity contribution in [3.63, 3.8) is 0 Å². The van der Waals surface area contributed by atoms with Crippen LogP contribution in [0.2, 0.25) is 5.02 Å². The maximum absolute atomic E-state index is 13.5. The Morgan fingerprint density at radius 2 is 2.14 bits per heavy atom. The highest BCUT2D eigenvalue weighted by atomic mass is 35.5. The molecule has 1 unspecified atom stereocenters. The molecule has 1 fully saturated rings. The number of halogens is 5. The number of hydrogen-bond donors (Lipinski definition) is 2. The molecule has 1 aromatic carbocycles. The maximum atomic E-state index is 13.5. The molecule has 0 radical (unpaired) electrons. The van der Waals surface area contributed by atoms with Crippen LogP contribution in [0.15, 0.2) is 24.3 Å². The first-order chi connectivity index (χ1) is 13.1. The Hall–Kier alpha value is -2.82. The molecule has 3 rings (SSSR count). The molecule has 7 nitrogen and oxygen atoms in total. The third-order valence-corrected chi connectivity index (χ3v) is 4.33. The van der Waals surface area contributed by atoms with Gasteiger partial charge in [-0.25, -0.2) is 9.18 Å². The summed E-state index contributed by atoms with van der Waals surface area (Å²) in [6, 6.07) is 3.08. The normalized spacial score (nSPS) is 17.8. The molecule has 0 saturated carbocycles. The van der Waals surface area contributed by atoms with Crippen LogP contribution in [0.25, 0.3) is 0 Å². The predicted molar refractivity (Wildman–Crippen MR) is 87.9 cm³/mol. The van der Waals surface area contributed by atoms with Crippen LogP contribution in [-0.4, -0.2) is 34.4 Å². The Balaban J connectivity index is 1.99. The highest BCUT2D eigenvalue weighted by Gasteiger charge is 2.37. The minimum absolute atomic E-state index is 0.0272. The fourth-order valence-corrected chi connectivity index (χ4v) is 2.87.